The van der Waals surface area contributed by atoms with Crippen molar-refractivity contribution in [3.05, 3.63) is 24.4 Å². The Morgan fingerprint density at radius 2 is 2.30 bits per heavy atom. The average Bonchev–Trinajstić information content (AvgIpc) is 2.84. The van der Waals surface area contributed by atoms with Crippen molar-refractivity contribution in [1.82, 2.24) is 9.88 Å². The average molecular weight is 277 g/mol. The molecule has 5 nitrogen and oxygen atoms in total. The van der Waals surface area contributed by atoms with Gasteiger partial charge in [0.2, 0.25) is 0 Å². The van der Waals surface area contributed by atoms with Gasteiger partial charge in [0.15, 0.2) is 0 Å². The largest absolute Gasteiger partial charge is 0.444 e. The van der Waals surface area contributed by atoms with Crippen molar-refractivity contribution in [2.75, 3.05) is 18.4 Å². The van der Waals surface area contributed by atoms with Gasteiger partial charge in [-0.1, -0.05) is 6.07 Å². The van der Waals surface area contributed by atoms with E-state index in [-0.39, 0.29) is 12.1 Å². The van der Waals surface area contributed by atoms with Crippen molar-refractivity contribution in [3.63, 3.8) is 0 Å². The normalized spacial score (nSPS) is 18.9. The Hall–Kier alpha value is -1.78. The Balaban J connectivity index is 1.89. The third-order valence-electron chi connectivity index (χ3n) is 3.19. The predicted octanol–water partition coefficient (Wildman–Crippen LogP) is 2.89. The number of likely N-dealkylation sites (tertiary alicyclic amines) is 1. The van der Waals surface area contributed by atoms with E-state index in [0.717, 1.165) is 25.2 Å². The van der Waals surface area contributed by atoms with E-state index in [1.807, 2.05) is 43.9 Å². The van der Waals surface area contributed by atoms with Crippen LogP contribution in [0.15, 0.2) is 24.4 Å². The molecule has 5 heteroatoms. The molecule has 1 atom stereocenters. The highest BCUT2D eigenvalue weighted by Crippen LogP contribution is 2.21. The molecule has 1 unspecified atom stereocenters. The molecule has 1 amide bonds. The molecular weight excluding hydrogens is 254 g/mol. The molecule has 1 N–H and O–H groups in total. The number of hydrogen-bond donors (Lipinski definition) is 1. The van der Waals surface area contributed by atoms with E-state index in [0.29, 0.717) is 6.54 Å². The Morgan fingerprint density at radius 3 is 2.95 bits per heavy atom. The van der Waals surface area contributed by atoms with Crippen LogP contribution in [0.5, 0.6) is 0 Å². The maximum absolute atomic E-state index is 12.1. The molecule has 2 rings (SSSR count). The van der Waals surface area contributed by atoms with Crippen molar-refractivity contribution in [1.29, 1.82) is 0 Å². The molecule has 0 aromatic carbocycles. The summed E-state index contributed by atoms with van der Waals surface area (Å²) >= 11 is 0. The highest BCUT2D eigenvalue weighted by molar-refractivity contribution is 5.69. The van der Waals surface area contributed by atoms with Gasteiger partial charge in [-0.15, -0.1) is 0 Å². The van der Waals surface area contributed by atoms with Gasteiger partial charge in [0.1, 0.15) is 11.4 Å². The van der Waals surface area contributed by atoms with Crippen molar-refractivity contribution in [2.24, 2.45) is 0 Å². The first-order chi connectivity index (χ1) is 9.46. The zero-order chi connectivity index (χ0) is 14.6. The molecule has 1 aliphatic heterocycles. The topological polar surface area (TPSA) is 54.5 Å². The van der Waals surface area contributed by atoms with E-state index in [9.17, 15) is 4.79 Å². The summed E-state index contributed by atoms with van der Waals surface area (Å²) in [5.74, 6) is 0.837. The lowest BCUT2D eigenvalue weighted by atomic mass is 10.2. The SMILES string of the molecule is CC(C)(C)OC(=O)N1CCCC1CNc1ccccn1. The number of aromatic nitrogens is 1. The number of anilines is 1. The first kappa shape index (κ1) is 14.6. The van der Waals surface area contributed by atoms with E-state index in [1.54, 1.807) is 6.20 Å². The number of amides is 1. The van der Waals surface area contributed by atoms with Crippen LogP contribution in [0.3, 0.4) is 0 Å². The fourth-order valence-electron chi connectivity index (χ4n) is 2.30. The predicted molar refractivity (Wildman–Crippen MR) is 78.7 cm³/mol. The Morgan fingerprint density at radius 1 is 1.50 bits per heavy atom. The van der Waals surface area contributed by atoms with E-state index in [4.69, 9.17) is 4.74 Å². The summed E-state index contributed by atoms with van der Waals surface area (Å²) < 4.78 is 5.45. The lowest BCUT2D eigenvalue weighted by Crippen LogP contribution is -2.42. The second kappa shape index (κ2) is 6.11. The molecule has 20 heavy (non-hydrogen) atoms. The summed E-state index contributed by atoms with van der Waals surface area (Å²) in [4.78, 5) is 18.2. The van der Waals surface area contributed by atoms with Gasteiger partial charge >= 0.3 is 6.09 Å². The minimum Gasteiger partial charge on any atom is -0.444 e. The molecule has 1 aliphatic rings. The summed E-state index contributed by atoms with van der Waals surface area (Å²) in [6, 6.07) is 5.92. The van der Waals surface area contributed by atoms with Crippen LogP contribution < -0.4 is 5.32 Å². The van der Waals surface area contributed by atoms with Crippen molar-refractivity contribution >= 4 is 11.9 Å². The third-order valence-corrected chi connectivity index (χ3v) is 3.19. The number of hydrogen-bond acceptors (Lipinski definition) is 4. The summed E-state index contributed by atoms with van der Waals surface area (Å²) in [6.07, 6.45) is 3.55. The number of ether oxygens (including phenoxy) is 1. The third kappa shape index (κ3) is 4.11. The standard InChI is InChI=1S/C15H23N3O2/c1-15(2,3)20-14(19)18-10-6-7-12(18)11-17-13-8-4-5-9-16-13/h4-5,8-9,12H,6-7,10-11H2,1-3H3,(H,16,17). The van der Waals surface area contributed by atoms with Crippen molar-refractivity contribution < 1.29 is 9.53 Å². The number of carbonyl (C=O) groups excluding carboxylic acids is 1. The van der Waals surface area contributed by atoms with E-state index in [2.05, 4.69) is 10.3 Å². The summed E-state index contributed by atoms with van der Waals surface area (Å²) in [5.41, 5.74) is -0.446. The van der Waals surface area contributed by atoms with Gasteiger partial charge in [-0.05, 0) is 45.7 Å². The summed E-state index contributed by atoms with van der Waals surface area (Å²) in [7, 11) is 0. The van der Waals surface area contributed by atoms with Crippen LogP contribution in [0.2, 0.25) is 0 Å². The molecule has 0 bridgehead atoms. The second-order valence-electron chi connectivity index (χ2n) is 6.07. The second-order valence-corrected chi connectivity index (χ2v) is 6.07. The van der Waals surface area contributed by atoms with E-state index >= 15 is 0 Å². The molecule has 0 saturated carbocycles. The quantitative estimate of drug-likeness (QED) is 0.923. The molecule has 0 aliphatic carbocycles. The van der Waals surface area contributed by atoms with Crippen molar-refractivity contribution in [2.45, 2.75) is 45.3 Å². The number of rotatable bonds is 3. The number of pyridine rings is 1. The van der Waals surface area contributed by atoms with Crippen LogP contribution >= 0.6 is 0 Å². The highest BCUT2D eigenvalue weighted by Gasteiger charge is 2.31. The Kier molecular flexibility index (Phi) is 4.47. The molecule has 1 aromatic heterocycles. The van der Waals surface area contributed by atoms with Gasteiger partial charge < -0.3 is 15.0 Å². The van der Waals surface area contributed by atoms with Gasteiger partial charge in [-0.25, -0.2) is 9.78 Å². The smallest absolute Gasteiger partial charge is 0.410 e. The minimum absolute atomic E-state index is 0.173. The van der Waals surface area contributed by atoms with E-state index < -0.39 is 5.60 Å². The molecule has 1 fully saturated rings. The van der Waals surface area contributed by atoms with Crippen LogP contribution in [0.1, 0.15) is 33.6 Å². The van der Waals surface area contributed by atoms with Gasteiger partial charge in [-0.3, -0.25) is 0 Å². The molecule has 0 radical (unpaired) electrons. The molecule has 1 aromatic rings. The van der Waals surface area contributed by atoms with Crippen LogP contribution in [0.4, 0.5) is 10.6 Å². The zero-order valence-electron chi connectivity index (χ0n) is 12.4. The van der Waals surface area contributed by atoms with Gasteiger partial charge in [0.25, 0.3) is 0 Å². The van der Waals surface area contributed by atoms with Crippen molar-refractivity contribution in [3.8, 4) is 0 Å². The fraction of sp³-hybridized carbons (Fsp3) is 0.600. The molecule has 1 saturated heterocycles. The Labute approximate surface area is 120 Å². The zero-order valence-corrected chi connectivity index (χ0v) is 12.4. The van der Waals surface area contributed by atoms with Crippen LogP contribution in [0, 0.1) is 0 Å². The minimum atomic E-state index is -0.446. The Bertz CT molecular complexity index is 442. The van der Waals surface area contributed by atoms with Gasteiger partial charge in [-0.2, -0.15) is 0 Å². The molecule has 2 heterocycles. The maximum Gasteiger partial charge on any atom is 0.410 e. The number of nitrogens with zero attached hydrogens (tertiary/aromatic N) is 2. The van der Waals surface area contributed by atoms with Crippen LogP contribution in [0.25, 0.3) is 0 Å². The fourth-order valence-corrected chi connectivity index (χ4v) is 2.30. The van der Waals surface area contributed by atoms with Gasteiger partial charge in [0, 0.05) is 19.3 Å². The molecule has 110 valence electrons. The number of nitrogens with one attached hydrogen (secondary N) is 1. The van der Waals surface area contributed by atoms with Crippen LogP contribution in [-0.4, -0.2) is 40.7 Å². The molecular formula is C15H23N3O2. The summed E-state index contributed by atoms with van der Waals surface area (Å²) in [5, 5.41) is 3.27. The molecule has 0 spiro atoms. The van der Waals surface area contributed by atoms with Gasteiger partial charge in [0.05, 0.1) is 6.04 Å². The monoisotopic (exact) mass is 277 g/mol. The lowest BCUT2D eigenvalue weighted by molar-refractivity contribution is 0.0235. The number of carbonyl (C=O) groups is 1. The summed E-state index contributed by atoms with van der Waals surface area (Å²) in [6.45, 7) is 7.14. The highest BCUT2D eigenvalue weighted by atomic mass is 16.6. The first-order valence-electron chi connectivity index (χ1n) is 7.10. The lowest BCUT2D eigenvalue weighted by Gasteiger charge is -2.28. The first-order valence-corrected chi connectivity index (χ1v) is 7.10. The maximum atomic E-state index is 12.1. The van der Waals surface area contributed by atoms with Crippen LogP contribution in [-0.2, 0) is 4.74 Å². The van der Waals surface area contributed by atoms with E-state index in [1.165, 1.54) is 0 Å².